The quantitative estimate of drug-likeness (QED) is 0.583. The molecule has 0 aliphatic carbocycles. The molecule has 2 aromatic heterocycles. The van der Waals surface area contributed by atoms with E-state index in [1.807, 2.05) is 13.2 Å². The van der Waals surface area contributed by atoms with Gasteiger partial charge in [-0.05, 0) is 18.2 Å². The van der Waals surface area contributed by atoms with Gasteiger partial charge in [0.25, 0.3) is 5.69 Å². The van der Waals surface area contributed by atoms with Gasteiger partial charge in [-0.2, -0.15) is 5.10 Å². The number of anilines is 2. The lowest BCUT2D eigenvalue weighted by Crippen LogP contribution is -1.95. The van der Waals surface area contributed by atoms with Crippen molar-refractivity contribution in [1.82, 2.24) is 14.8 Å². The number of nitrogens with zero attached hydrogens (tertiary/aromatic N) is 4. The largest absolute Gasteiger partial charge is 0.352 e. The number of non-ortho nitro benzene ring substituents is 1. The highest BCUT2D eigenvalue weighted by atomic mass is 16.6. The smallest absolute Gasteiger partial charge is 0.295 e. The van der Waals surface area contributed by atoms with Gasteiger partial charge in [0.15, 0.2) is 0 Å². The molecule has 7 nitrogen and oxygen atoms in total. The molecule has 0 saturated carbocycles. The van der Waals surface area contributed by atoms with E-state index in [0.29, 0.717) is 10.9 Å². The molecule has 0 unspecified atom stereocenters. The second kappa shape index (κ2) is 4.61. The van der Waals surface area contributed by atoms with E-state index in [4.69, 9.17) is 0 Å². The molecule has 0 atom stereocenters. The zero-order valence-corrected chi connectivity index (χ0v) is 10.6. The molecule has 2 heterocycles. The number of hydrogen-bond donors (Lipinski definition) is 1. The minimum Gasteiger partial charge on any atom is -0.352 e. The lowest BCUT2D eigenvalue weighted by molar-refractivity contribution is -0.383. The second-order valence-corrected chi connectivity index (χ2v) is 4.32. The van der Waals surface area contributed by atoms with Crippen LogP contribution in [0.4, 0.5) is 17.1 Å². The van der Waals surface area contributed by atoms with E-state index in [1.165, 1.54) is 6.07 Å². The van der Waals surface area contributed by atoms with Crippen LogP contribution in [-0.2, 0) is 7.05 Å². The van der Waals surface area contributed by atoms with Crippen molar-refractivity contribution in [2.24, 2.45) is 7.05 Å². The lowest BCUT2D eigenvalue weighted by atomic mass is 10.1. The minimum absolute atomic E-state index is 0.00247. The van der Waals surface area contributed by atoms with E-state index >= 15 is 0 Å². The molecule has 0 amide bonds. The van der Waals surface area contributed by atoms with Crippen LogP contribution in [0.5, 0.6) is 0 Å². The van der Waals surface area contributed by atoms with Crippen molar-refractivity contribution in [2.45, 2.75) is 0 Å². The van der Waals surface area contributed by atoms with Crippen molar-refractivity contribution in [3.8, 4) is 0 Å². The number of nitro benzene ring substituents is 1. The van der Waals surface area contributed by atoms with E-state index in [9.17, 15) is 10.1 Å². The first-order valence-corrected chi connectivity index (χ1v) is 5.93. The maximum absolute atomic E-state index is 11.0. The van der Waals surface area contributed by atoms with Crippen molar-refractivity contribution in [3.63, 3.8) is 0 Å². The number of fused-ring (bicyclic) bond motifs is 1. The van der Waals surface area contributed by atoms with Crippen LogP contribution in [0.2, 0.25) is 0 Å². The van der Waals surface area contributed by atoms with Crippen LogP contribution in [0.1, 0.15) is 0 Å². The van der Waals surface area contributed by atoms with Crippen molar-refractivity contribution in [2.75, 3.05) is 5.32 Å². The Balaban J connectivity index is 2.12. The van der Waals surface area contributed by atoms with Crippen LogP contribution in [-0.4, -0.2) is 19.7 Å². The molecule has 7 heteroatoms. The summed E-state index contributed by atoms with van der Waals surface area (Å²) in [5, 5.41) is 19.0. The number of benzene rings is 1. The van der Waals surface area contributed by atoms with Crippen LogP contribution in [0.25, 0.3) is 10.9 Å². The van der Waals surface area contributed by atoms with Gasteiger partial charge in [-0.1, -0.05) is 0 Å². The molecule has 0 aliphatic rings. The number of rotatable bonds is 3. The van der Waals surface area contributed by atoms with E-state index in [-0.39, 0.29) is 5.69 Å². The molecule has 1 N–H and O–H groups in total. The summed E-state index contributed by atoms with van der Waals surface area (Å²) < 4.78 is 1.67. The number of nitro groups is 1. The first-order chi connectivity index (χ1) is 9.65. The predicted octanol–water partition coefficient (Wildman–Crippen LogP) is 2.62. The highest BCUT2D eigenvalue weighted by Gasteiger charge is 2.15. The number of pyridine rings is 1. The van der Waals surface area contributed by atoms with Gasteiger partial charge in [0.05, 0.1) is 16.8 Å². The summed E-state index contributed by atoms with van der Waals surface area (Å²) >= 11 is 0. The normalized spacial score (nSPS) is 10.7. The predicted molar refractivity (Wildman–Crippen MR) is 74.9 cm³/mol. The molecule has 0 bridgehead atoms. The standard InChI is InChI=1S/C13H11N5O2/c1-17-8-9(7-15-17)16-11-4-5-12(18(19)20)13-10(11)3-2-6-14-13/h2-8,16H,1H3. The molecule has 3 rings (SSSR count). The van der Waals surface area contributed by atoms with Gasteiger partial charge < -0.3 is 5.32 Å². The highest BCUT2D eigenvalue weighted by Crippen LogP contribution is 2.31. The summed E-state index contributed by atoms with van der Waals surface area (Å²) in [7, 11) is 1.82. The van der Waals surface area contributed by atoms with Gasteiger partial charge >= 0.3 is 0 Å². The SMILES string of the molecule is Cn1cc(Nc2ccc([N+](=O)[O-])c3ncccc23)cn1. The van der Waals surface area contributed by atoms with Crippen molar-refractivity contribution < 1.29 is 4.92 Å². The Bertz CT molecular complexity index is 796. The molecule has 20 heavy (non-hydrogen) atoms. The zero-order chi connectivity index (χ0) is 14.1. The van der Waals surface area contributed by atoms with E-state index in [1.54, 1.807) is 35.3 Å². The number of hydrogen-bond acceptors (Lipinski definition) is 5. The zero-order valence-electron chi connectivity index (χ0n) is 10.6. The summed E-state index contributed by atoms with van der Waals surface area (Å²) in [5.74, 6) is 0. The van der Waals surface area contributed by atoms with Gasteiger partial charge in [-0.25, -0.2) is 4.98 Å². The molecule has 0 fully saturated rings. The van der Waals surface area contributed by atoms with Gasteiger partial charge in [0, 0.05) is 36.6 Å². The van der Waals surface area contributed by atoms with Crippen molar-refractivity contribution in [1.29, 1.82) is 0 Å². The van der Waals surface area contributed by atoms with Crippen molar-refractivity contribution in [3.05, 3.63) is 53.0 Å². The third kappa shape index (κ3) is 2.05. The summed E-state index contributed by atoms with van der Waals surface area (Å²) in [4.78, 5) is 14.7. The van der Waals surface area contributed by atoms with Gasteiger partial charge in [0.1, 0.15) is 5.52 Å². The minimum atomic E-state index is -0.427. The molecule has 3 aromatic rings. The first kappa shape index (κ1) is 12.1. The molecule has 0 radical (unpaired) electrons. The molecule has 1 aromatic carbocycles. The van der Waals surface area contributed by atoms with E-state index in [0.717, 1.165) is 11.4 Å². The van der Waals surface area contributed by atoms with E-state index < -0.39 is 4.92 Å². The molecule has 0 spiro atoms. The monoisotopic (exact) mass is 269 g/mol. The first-order valence-electron chi connectivity index (χ1n) is 5.93. The fourth-order valence-electron chi connectivity index (χ4n) is 2.06. The summed E-state index contributed by atoms with van der Waals surface area (Å²) in [6.45, 7) is 0. The Morgan fingerprint density at radius 1 is 1.35 bits per heavy atom. The average Bonchev–Trinajstić information content (AvgIpc) is 2.84. The fraction of sp³-hybridized carbons (Fsp3) is 0.0769. The second-order valence-electron chi connectivity index (χ2n) is 4.32. The maximum atomic E-state index is 11.0. The van der Waals surface area contributed by atoms with Crippen LogP contribution in [0.15, 0.2) is 42.9 Å². The van der Waals surface area contributed by atoms with Crippen LogP contribution >= 0.6 is 0 Å². The number of aromatic nitrogens is 3. The van der Waals surface area contributed by atoms with Gasteiger partial charge in [-0.15, -0.1) is 0 Å². The molecule has 0 aliphatic heterocycles. The number of aryl methyl sites for hydroxylation is 1. The Kier molecular flexibility index (Phi) is 2.79. The van der Waals surface area contributed by atoms with Gasteiger partial charge in [0.2, 0.25) is 0 Å². The Morgan fingerprint density at radius 3 is 2.90 bits per heavy atom. The molecule has 100 valence electrons. The summed E-state index contributed by atoms with van der Waals surface area (Å²) in [6, 6.07) is 6.68. The Hall–Kier alpha value is -2.96. The molecular weight excluding hydrogens is 258 g/mol. The van der Waals surface area contributed by atoms with Crippen LogP contribution in [0.3, 0.4) is 0 Å². The summed E-state index contributed by atoms with van der Waals surface area (Å²) in [5.41, 5.74) is 1.93. The third-order valence-corrected chi connectivity index (χ3v) is 2.93. The molecule has 0 saturated heterocycles. The third-order valence-electron chi connectivity index (χ3n) is 2.93. The fourth-order valence-corrected chi connectivity index (χ4v) is 2.06. The van der Waals surface area contributed by atoms with Crippen molar-refractivity contribution >= 4 is 28.0 Å². The number of nitrogens with one attached hydrogen (secondary N) is 1. The Morgan fingerprint density at radius 2 is 2.20 bits per heavy atom. The van der Waals surface area contributed by atoms with Gasteiger partial charge in [-0.3, -0.25) is 14.8 Å². The maximum Gasteiger partial charge on any atom is 0.295 e. The van der Waals surface area contributed by atoms with Crippen LogP contribution in [0, 0.1) is 10.1 Å². The summed E-state index contributed by atoms with van der Waals surface area (Å²) in [6.07, 6.45) is 5.05. The topological polar surface area (TPSA) is 85.9 Å². The molecular formula is C13H11N5O2. The van der Waals surface area contributed by atoms with Crippen LogP contribution < -0.4 is 5.32 Å². The average molecular weight is 269 g/mol. The van der Waals surface area contributed by atoms with E-state index in [2.05, 4.69) is 15.4 Å². The lowest BCUT2D eigenvalue weighted by Gasteiger charge is -2.07. The highest BCUT2D eigenvalue weighted by molar-refractivity contribution is 5.98. The Labute approximate surface area is 114 Å².